The summed E-state index contributed by atoms with van der Waals surface area (Å²) in [5.74, 6) is 0.555. The molecule has 0 bridgehead atoms. The van der Waals surface area contributed by atoms with E-state index in [1.54, 1.807) is 12.3 Å². The zero-order valence-corrected chi connectivity index (χ0v) is 12.5. The largest absolute Gasteiger partial charge is 0.336 e. The second kappa shape index (κ2) is 6.84. The first-order valence-electron chi connectivity index (χ1n) is 7.61. The summed E-state index contributed by atoms with van der Waals surface area (Å²) in [4.78, 5) is 18.9. The average molecular weight is 275 g/mol. The Balaban J connectivity index is 2.20. The quantitative estimate of drug-likeness (QED) is 0.917. The van der Waals surface area contributed by atoms with E-state index in [-0.39, 0.29) is 5.91 Å². The highest BCUT2D eigenvalue weighted by atomic mass is 16.2. The lowest BCUT2D eigenvalue weighted by molar-refractivity contribution is 0.0560. The summed E-state index contributed by atoms with van der Waals surface area (Å²) in [7, 11) is 0. The highest BCUT2D eigenvalue weighted by molar-refractivity contribution is 5.94. The standard InChI is InChI=1S/C16H25N3O/c1-3-19(15-7-5-4-6-14(15)11-17)16(20)13-8-9-18-12(2)10-13/h8-10,14-15H,3-7,11,17H2,1-2H3. The van der Waals surface area contributed by atoms with Gasteiger partial charge in [0, 0.05) is 30.0 Å². The van der Waals surface area contributed by atoms with Crippen molar-refractivity contribution in [2.75, 3.05) is 13.1 Å². The van der Waals surface area contributed by atoms with Gasteiger partial charge in [-0.25, -0.2) is 0 Å². The molecular weight excluding hydrogens is 250 g/mol. The Morgan fingerprint density at radius 1 is 1.45 bits per heavy atom. The van der Waals surface area contributed by atoms with Crippen LogP contribution >= 0.6 is 0 Å². The molecule has 2 atom stereocenters. The molecule has 1 saturated carbocycles. The van der Waals surface area contributed by atoms with Crippen molar-refractivity contribution in [1.29, 1.82) is 0 Å². The zero-order valence-electron chi connectivity index (χ0n) is 12.5. The van der Waals surface area contributed by atoms with Crippen LogP contribution in [-0.2, 0) is 0 Å². The van der Waals surface area contributed by atoms with Gasteiger partial charge >= 0.3 is 0 Å². The number of amides is 1. The third-order valence-corrected chi connectivity index (χ3v) is 4.32. The van der Waals surface area contributed by atoms with Gasteiger partial charge in [0.2, 0.25) is 0 Å². The van der Waals surface area contributed by atoms with E-state index in [1.807, 2.05) is 24.8 Å². The second-order valence-corrected chi connectivity index (χ2v) is 5.62. The monoisotopic (exact) mass is 275 g/mol. The molecule has 1 amide bonds. The number of nitrogens with two attached hydrogens (primary N) is 1. The van der Waals surface area contributed by atoms with Crippen molar-refractivity contribution in [3.8, 4) is 0 Å². The molecule has 110 valence electrons. The molecule has 1 heterocycles. The van der Waals surface area contributed by atoms with E-state index in [2.05, 4.69) is 4.98 Å². The summed E-state index contributed by atoms with van der Waals surface area (Å²) in [6, 6.07) is 3.96. The molecule has 1 aliphatic rings. The fourth-order valence-corrected chi connectivity index (χ4v) is 3.25. The van der Waals surface area contributed by atoms with Crippen molar-refractivity contribution in [2.45, 2.75) is 45.6 Å². The molecule has 2 unspecified atom stereocenters. The maximum atomic E-state index is 12.7. The van der Waals surface area contributed by atoms with Crippen LogP contribution in [0.25, 0.3) is 0 Å². The number of carbonyl (C=O) groups is 1. The van der Waals surface area contributed by atoms with E-state index in [1.165, 1.54) is 12.8 Å². The van der Waals surface area contributed by atoms with Gasteiger partial charge in [-0.15, -0.1) is 0 Å². The molecule has 1 fully saturated rings. The van der Waals surface area contributed by atoms with Gasteiger partial charge in [-0.3, -0.25) is 9.78 Å². The summed E-state index contributed by atoms with van der Waals surface area (Å²) >= 11 is 0. The van der Waals surface area contributed by atoms with Crippen molar-refractivity contribution < 1.29 is 4.79 Å². The molecule has 1 aliphatic carbocycles. The Bertz CT molecular complexity index is 461. The van der Waals surface area contributed by atoms with Crippen LogP contribution in [0.1, 0.15) is 48.7 Å². The van der Waals surface area contributed by atoms with Crippen molar-refractivity contribution >= 4 is 5.91 Å². The fourth-order valence-electron chi connectivity index (χ4n) is 3.25. The second-order valence-electron chi connectivity index (χ2n) is 5.62. The maximum absolute atomic E-state index is 12.7. The Kier molecular flexibility index (Phi) is 5.12. The van der Waals surface area contributed by atoms with Crippen molar-refractivity contribution in [2.24, 2.45) is 11.7 Å². The van der Waals surface area contributed by atoms with Crippen molar-refractivity contribution in [3.05, 3.63) is 29.6 Å². The van der Waals surface area contributed by atoms with Crippen LogP contribution in [0.2, 0.25) is 0 Å². The molecule has 4 heteroatoms. The molecule has 4 nitrogen and oxygen atoms in total. The first-order valence-corrected chi connectivity index (χ1v) is 7.61. The Hall–Kier alpha value is -1.42. The number of pyridine rings is 1. The molecule has 2 rings (SSSR count). The van der Waals surface area contributed by atoms with E-state index in [0.717, 1.165) is 30.6 Å². The molecule has 0 saturated heterocycles. The van der Waals surface area contributed by atoms with Crippen LogP contribution in [0.15, 0.2) is 18.3 Å². The predicted molar refractivity (Wildman–Crippen MR) is 80.5 cm³/mol. The zero-order chi connectivity index (χ0) is 14.5. The summed E-state index contributed by atoms with van der Waals surface area (Å²) in [5, 5.41) is 0. The summed E-state index contributed by atoms with van der Waals surface area (Å²) in [6.45, 7) is 5.37. The predicted octanol–water partition coefficient (Wildman–Crippen LogP) is 2.37. The van der Waals surface area contributed by atoms with Crippen molar-refractivity contribution in [1.82, 2.24) is 9.88 Å². The smallest absolute Gasteiger partial charge is 0.254 e. The number of nitrogens with zero attached hydrogens (tertiary/aromatic N) is 2. The topological polar surface area (TPSA) is 59.2 Å². The SMILES string of the molecule is CCN(C(=O)c1ccnc(C)c1)C1CCCCC1CN. The minimum absolute atomic E-state index is 0.114. The lowest BCUT2D eigenvalue weighted by atomic mass is 9.83. The summed E-state index contributed by atoms with van der Waals surface area (Å²) < 4.78 is 0. The van der Waals surface area contributed by atoms with E-state index in [4.69, 9.17) is 5.73 Å². The maximum Gasteiger partial charge on any atom is 0.254 e. The highest BCUT2D eigenvalue weighted by Gasteiger charge is 2.31. The molecule has 20 heavy (non-hydrogen) atoms. The van der Waals surface area contributed by atoms with Gasteiger partial charge in [0.1, 0.15) is 0 Å². The number of hydrogen-bond acceptors (Lipinski definition) is 3. The average Bonchev–Trinajstić information content (AvgIpc) is 2.48. The number of rotatable bonds is 4. The first kappa shape index (κ1) is 15.0. The number of carbonyl (C=O) groups excluding carboxylic acids is 1. The van der Waals surface area contributed by atoms with Gasteiger partial charge in [-0.1, -0.05) is 12.8 Å². The summed E-state index contributed by atoms with van der Waals surface area (Å²) in [6.07, 6.45) is 6.35. The van der Waals surface area contributed by atoms with Crippen LogP contribution < -0.4 is 5.73 Å². The molecule has 0 radical (unpaired) electrons. The third kappa shape index (κ3) is 3.18. The normalized spacial score (nSPS) is 22.6. The van der Waals surface area contributed by atoms with Crippen LogP contribution in [-0.4, -0.2) is 34.9 Å². The van der Waals surface area contributed by atoms with E-state index in [9.17, 15) is 4.79 Å². The molecule has 0 spiro atoms. The molecule has 0 aromatic carbocycles. The van der Waals surface area contributed by atoms with Gasteiger partial charge < -0.3 is 10.6 Å². The highest BCUT2D eigenvalue weighted by Crippen LogP contribution is 2.28. The van der Waals surface area contributed by atoms with Crippen LogP contribution in [0.5, 0.6) is 0 Å². The lowest BCUT2D eigenvalue weighted by Gasteiger charge is -2.39. The Morgan fingerprint density at radius 2 is 2.20 bits per heavy atom. The lowest BCUT2D eigenvalue weighted by Crippen LogP contribution is -2.48. The van der Waals surface area contributed by atoms with Gasteiger partial charge in [-0.05, 0) is 51.3 Å². The van der Waals surface area contributed by atoms with Crippen LogP contribution in [0.4, 0.5) is 0 Å². The molecule has 1 aromatic rings. The Labute approximate surface area is 121 Å². The Morgan fingerprint density at radius 3 is 2.85 bits per heavy atom. The molecule has 2 N–H and O–H groups in total. The van der Waals surface area contributed by atoms with Gasteiger partial charge in [0.25, 0.3) is 5.91 Å². The van der Waals surface area contributed by atoms with Gasteiger partial charge in [0.05, 0.1) is 0 Å². The van der Waals surface area contributed by atoms with Crippen LogP contribution in [0.3, 0.4) is 0 Å². The van der Waals surface area contributed by atoms with Crippen molar-refractivity contribution in [3.63, 3.8) is 0 Å². The number of hydrogen-bond donors (Lipinski definition) is 1. The minimum atomic E-state index is 0.114. The van der Waals surface area contributed by atoms with E-state index in [0.29, 0.717) is 18.5 Å². The van der Waals surface area contributed by atoms with E-state index < -0.39 is 0 Å². The van der Waals surface area contributed by atoms with E-state index >= 15 is 0 Å². The third-order valence-electron chi connectivity index (χ3n) is 4.32. The first-order chi connectivity index (χ1) is 9.67. The molecule has 1 aromatic heterocycles. The van der Waals surface area contributed by atoms with Crippen LogP contribution in [0, 0.1) is 12.8 Å². The van der Waals surface area contributed by atoms with Gasteiger partial charge in [0.15, 0.2) is 0 Å². The van der Waals surface area contributed by atoms with Gasteiger partial charge in [-0.2, -0.15) is 0 Å². The molecule has 0 aliphatic heterocycles. The number of aryl methyl sites for hydroxylation is 1. The fraction of sp³-hybridized carbons (Fsp3) is 0.625. The minimum Gasteiger partial charge on any atom is -0.336 e. The number of aromatic nitrogens is 1. The summed E-state index contributed by atoms with van der Waals surface area (Å²) in [5.41, 5.74) is 7.52. The molecular formula is C16H25N3O.